The van der Waals surface area contributed by atoms with Crippen LogP contribution in [0.15, 0.2) is 48.2 Å². The Balaban J connectivity index is 0.983. The number of allylic oxidation sites excluding steroid dienone is 3. The third kappa shape index (κ3) is 14.6. The van der Waals surface area contributed by atoms with E-state index in [0.29, 0.717) is 38.8 Å². The van der Waals surface area contributed by atoms with E-state index >= 15 is 0 Å². The average Bonchev–Trinajstić information content (AvgIpc) is 3.92. The molecule has 4 saturated heterocycles. The predicted molar refractivity (Wildman–Crippen MR) is 235 cm³/mol. The van der Waals surface area contributed by atoms with Crippen molar-refractivity contribution in [1.29, 1.82) is 0 Å². The Morgan fingerprint density at radius 1 is 1.05 bits per heavy atom. The number of aliphatic hydroxyl groups excluding tert-OH is 1. The third-order valence-corrected chi connectivity index (χ3v) is 14.0. The number of nitrogens with one attached hydrogen (secondary N) is 2. The maximum absolute atomic E-state index is 13.3. The van der Waals surface area contributed by atoms with Crippen LogP contribution in [0, 0.1) is 11.8 Å². The van der Waals surface area contributed by atoms with Crippen molar-refractivity contribution in [1.82, 2.24) is 15.5 Å². The molecule has 3 amide bonds. The molecule has 4 aliphatic heterocycles. The van der Waals surface area contributed by atoms with Crippen LogP contribution in [0.3, 0.4) is 0 Å². The van der Waals surface area contributed by atoms with Crippen LogP contribution in [0.1, 0.15) is 125 Å². The monoisotopic (exact) mass is 869 g/mol. The second kappa shape index (κ2) is 22.9. The van der Waals surface area contributed by atoms with Crippen molar-refractivity contribution in [2.45, 2.75) is 184 Å². The fraction of sp³-hybridized carbons (Fsp3) is 0.723. The molecule has 3 N–H and O–H groups in total. The molecule has 4 heterocycles. The van der Waals surface area contributed by atoms with Gasteiger partial charge in [-0.2, -0.15) is 11.8 Å². The van der Waals surface area contributed by atoms with Crippen LogP contribution in [0.25, 0.3) is 0 Å². The van der Waals surface area contributed by atoms with Crippen LogP contribution < -0.4 is 10.6 Å². The van der Waals surface area contributed by atoms with Crippen molar-refractivity contribution < 1.29 is 48.0 Å². The molecule has 5 rings (SSSR count). The Morgan fingerprint density at radius 2 is 1.79 bits per heavy atom. The van der Waals surface area contributed by atoms with Gasteiger partial charge in [0.05, 0.1) is 36.2 Å². The van der Waals surface area contributed by atoms with Gasteiger partial charge < -0.3 is 39.6 Å². The molecule has 0 aromatic heterocycles. The number of thioether (sulfide) groups is 1. The van der Waals surface area contributed by atoms with Crippen LogP contribution in [0.5, 0.6) is 0 Å². The van der Waals surface area contributed by atoms with Gasteiger partial charge in [-0.25, -0.2) is 0 Å². The number of nitrogens with zero attached hydrogens (tertiary/aromatic N) is 1. The number of carbonyl (C=O) groups is 5. The smallest absolute Gasteiger partial charge is 0.303 e. The van der Waals surface area contributed by atoms with Crippen LogP contribution in [-0.2, 0) is 42.9 Å². The van der Waals surface area contributed by atoms with Crippen molar-refractivity contribution in [2.24, 2.45) is 11.8 Å². The van der Waals surface area contributed by atoms with E-state index in [-0.39, 0.29) is 77.4 Å². The molecule has 1 saturated carbocycles. The van der Waals surface area contributed by atoms with Crippen LogP contribution in [-0.4, -0.2) is 118 Å². The Morgan fingerprint density at radius 3 is 2.46 bits per heavy atom. The number of epoxide rings is 1. The molecule has 5 aliphatic rings. The van der Waals surface area contributed by atoms with E-state index in [9.17, 15) is 29.1 Å². The zero-order chi connectivity index (χ0) is 44.3. The van der Waals surface area contributed by atoms with E-state index in [2.05, 4.69) is 30.2 Å². The van der Waals surface area contributed by atoms with Crippen molar-refractivity contribution in [3.63, 3.8) is 0 Å². The van der Waals surface area contributed by atoms with E-state index in [1.807, 2.05) is 37.2 Å². The fourth-order valence-corrected chi connectivity index (χ4v) is 9.97. The van der Waals surface area contributed by atoms with Crippen molar-refractivity contribution in [3.05, 3.63) is 48.2 Å². The highest BCUT2D eigenvalue weighted by atomic mass is 32.2. The minimum absolute atomic E-state index is 0.0101. The summed E-state index contributed by atoms with van der Waals surface area (Å²) in [5, 5.41) is 17.4. The van der Waals surface area contributed by atoms with Crippen LogP contribution in [0.4, 0.5) is 0 Å². The van der Waals surface area contributed by atoms with Gasteiger partial charge in [-0.15, -0.1) is 0 Å². The summed E-state index contributed by atoms with van der Waals surface area (Å²) in [5.74, 6) is 0.219. The van der Waals surface area contributed by atoms with Crippen molar-refractivity contribution in [3.8, 4) is 0 Å². The summed E-state index contributed by atoms with van der Waals surface area (Å²) in [6, 6.07) is -0.00225. The first-order valence-electron chi connectivity index (χ1n) is 22.5. The first-order chi connectivity index (χ1) is 29.0. The molecule has 340 valence electrons. The standard InChI is InChI=1S/C47H71N3O10S/c1-29(12-19-40-30(2)23-39(33(5)59-40)49-44(54)21-14-32(4)58-34(6)51)13-20-41-45(55)47(28-57-47)27-38(60-41)26-37(52)25-35-15-17-36(18-16-35)48-43(53)11-9-8-10-22-50-31(3)24-42(61-7)46(50)56/h12-14,20-21,30,32-33,35-36,38-42,45,55H,3,8-11,15-19,22-28H2,1-2,4-7H3,(H,48,53)(H,49,54)/b20-13+,21-14-,29-12+/t30-,32-,33+,35?,36?,38+,39+,40-,41+,42?,45+,47+/m0/s1. The molecule has 0 aromatic carbocycles. The molecule has 14 heteroatoms. The molecule has 10 atom stereocenters. The molecule has 1 spiro atoms. The summed E-state index contributed by atoms with van der Waals surface area (Å²) in [6.45, 7) is 14.3. The van der Waals surface area contributed by atoms with Crippen molar-refractivity contribution in [2.75, 3.05) is 19.4 Å². The lowest BCUT2D eigenvalue weighted by Gasteiger charge is -2.39. The Kier molecular flexibility index (Phi) is 18.3. The topological polar surface area (TPSA) is 173 Å². The van der Waals surface area contributed by atoms with Gasteiger partial charge in [0.15, 0.2) is 0 Å². The molecule has 5 fully saturated rings. The summed E-state index contributed by atoms with van der Waals surface area (Å²) in [5.41, 5.74) is 1.23. The fourth-order valence-electron chi connectivity index (χ4n) is 9.28. The maximum Gasteiger partial charge on any atom is 0.303 e. The van der Waals surface area contributed by atoms with Gasteiger partial charge in [-0.3, -0.25) is 24.0 Å². The number of carbonyl (C=O) groups excluding carboxylic acids is 5. The Bertz CT molecular complexity index is 1650. The number of ether oxygens (including phenoxy) is 4. The van der Waals surface area contributed by atoms with E-state index in [1.165, 1.54) is 13.0 Å². The highest BCUT2D eigenvalue weighted by molar-refractivity contribution is 7.99. The predicted octanol–water partition coefficient (Wildman–Crippen LogP) is 6.03. The Hall–Kier alpha value is -3.30. The second-order valence-electron chi connectivity index (χ2n) is 18.2. The van der Waals surface area contributed by atoms with E-state index in [4.69, 9.17) is 18.9 Å². The van der Waals surface area contributed by atoms with Crippen LogP contribution >= 0.6 is 11.8 Å². The zero-order valence-electron chi connectivity index (χ0n) is 37.2. The average molecular weight is 870 g/mol. The summed E-state index contributed by atoms with van der Waals surface area (Å²) in [6.07, 6.45) is 18.4. The minimum atomic E-state index is -0.822. The summed E-state index contributed by atoms with van der Waals surface area (Å²) in [7, 11) is 0. The normalized spacial score (nSPS) is 33.6. The molecule has 0 radical (unpaired) electrons. The number of hydrogen-bond acceptors (Lipinski definition) is 11. The zero-order valence-corrected chi connectivity index (χ0v) is 38.1. The van der Waals surface area contributed by atoms with Gasteiger partial charge in [0.1, 0.15) is 29.7 Å². The SMILES string of the molecule is C=C1CC(SC)C(=O)N1CCCCCC(=O)NC1CCC(CC(=O)C[C@@H]2C[C@@]3(CO3)[C@H](O)[C@@H](/C=C/C(C)=C/C[C@@H]3O[C@H](C)[C@H](NC(=O)/C=C\[C@H](C)OC(C)=O)C[C@@H]3C)O2)CC1. The number of rotatable bonds is 20. The highest BCUT2D eigenvalue weighted by Gasteiger charge is 2.58. The molecule has 61 heavy (non-hydrogen) atoms. The van der Waals surface area contributed by atoms with Gasteiger partial charge in [0.25, 0.3) is 0 Å². The van der Waals surface area contributed by atoms with E-state index < -0.39 is 29.9 Å². The number of amides is 3. The number of esters is 1. The number of aliphatic hydroxyl groups is 1. The molecule has 0 aromatic rings. The van der Waals surface area contributed by atoms with Gasteiger partial charge >= 0.3 is 5.97 Å². The number of Topliss-reactive ketones (excluding diaryl/α,β-unsaturated/α-hetero) is 1. The molecule has 1 unspecified atom stereocenters. The highest BCUT2D eigenvalue weighted by Crippen LogP contribution is 2.44. The number of ketones is 1. The number of hydrogen-bond donors (Lipinski definition) is 3. The third-order valence-electron chi connectivity index (χ3n) is 13.0. The lowest BCUT2D eigenvalue weighted by molar-refractivity contribution is -0.145. The maximum atomic E-state index is 13.3. The molecular weight excluding hydrogens is 799 g/mol. The first-order valence-corrected chi connectivity index (χ1v) is 23.8. The van der Waals surface area contributed by atoms with Gasteiger partial charge in [-0.05, 0) is 96.3 Å². The van der Waals surface area contributed by atoms with Gasteiger partial charge in [0, 0.05) is 63.4 Å². The molecule has 13 nitrogen and oxygen atoms in total. The number of likely N-dealkylation sites (tertiary alicyclic amines) is 1. The second-order valence-corrected chi connectivity index (χ2v) is 19.2. The summed E-state index contributed by atoms with van der Waals surface area (Å²) >= 11 is 1.58. The summed E-state index contributed by atoms with van der Waals surface area (Å²) < 4.78 is 23.5. The van der Waals surface area contributed by atoms with Gasteiger partial charge in [-0.1, -0.05) is 43.7 Å². The van der Waals surface area contributed by atoms with Crippen molar-refractivity contribution >= 4 is 41.2 Å². The quantitative estimate of drug-likeness (QED) is 0.0429. The van der Waals surface area contributed by atoms with E-state index in [1.54, 1.807) is 24.8 Å². The molecule has 1 aliphatic carbocycles. The number of unbranched alkanes of at least 4 members (excludes halogenated alkanes) is 2. The minimum Gasteiger partial charge on any atom is -0.459 e. The lowest BCUT2D eigenvalue weighted by atomic mass is 9.81. The first kappa shape index (κ1) is 48.7. The lowest BCUT2D eigenvalue weighted by Crippen LogP contribution is -2.50. The van der Waals surface area contributed by atoms with Crippen LogP contribution in [0.2, 0.25) is 0 Å². The largest absolute Gasteiger partial charge is 0.459 e. The summed E-state index contributed by atoms with van der Waals surface area (Å²) in [4.78, 5) is 63.9. The Labute approximate surface area is 367 Å². The van der Waals surface area contributed by atoms with Gasteiger partial charge in [0.2, 0.25) is 17.7 Å². The molecular formula is C47H71N3O10S. The van der Waals surface area contributed by atoms with E-state index in [0.717, 1.165) is 69.1 Å². The molecule has 0 bridgehead atoms.